The SMILES string of the molecule is FC(F)(F)c1ccc(-c2c[nH]c(-c3ccnc(N4CCN(CC5CC5)CC4)c3)n2)cc1. The molecule has 1 aliphatic carbocycles. The van der Waals surface area contributed by atoms with Gasteiger partial charge in [0.1, 0.15) is 11.6 Å². The molecule has 162 valence electrons. The third kappa shape index (κ3) is 4.58. The van der Waals surface area contributed by atoms with Gasteiger partial charge in [0, 0.05) is 56.2 Å². The molecule has 0 unspecified atom stereocenters. The number of anilines is 1. The van der Waals surface area contributed by atoms with Crippen LogP contribution in [0.4, 0.5) is 19.0 Å². The number of nitrogens with one attached hydrogen (secondary N) is 1. The summed E-state index contributed by atoms with van der Waals surface area (Å²) in [6.45, 7) is 5.25. The van der Waals surface area contributed by atoms with Gasteiger partial charge in [-0.05, 0) is 43.0 Å². The third-order valence-corrected chi connectivity index (χ3v) is 6.01. The highest BCUT2D eigenvalue weighted by Crippen LogP contribution is 2.32. The van der Waals surface area contributed by atoms with E-state index in [0.29, 0.717) is 17.1 Å². The smallest absolute Gasteiger partial charge is 0.354 e. The predicted molar refractivity (Wildman–Crippen MR) is 114 cm³/mol. The Morgan fingerprint density at radius 3 is 2.39 bits per heavy atom. The lowest BCUT2D eigenvalue weighted by Gasteiger charge is -2.35. The average molecular weight is 427 g/mol. The van der Waals surface area contributed by atoms with Crippen LogP contribution in [0.25, 0.3) is 22.6 Å². The number of aromatic amines is 1. The van der Waals surface area contributed by atoms with Crippen molar-refractivity contribution in [1.29, 1.82) is 0 Å². The molecule has 1 saturated carbocycles. The quantitative estimate of drug-likeness (QED) is 0.642. The highest BCUT2D eigenvalue weighted by molar-refractivity contribution is 5.66. The predicted octanol–water partition coefficient (Wildman–Crippen LogP) is 4.69. The second-order valence-corrected chi connectivity index (χ2v) is 8.34. The number of H-pyrrole nitrogens is 1. The van der Waals surface area contributed by atoms with Gasteiger partial charge < -0.3 is 9.88 Å². The second kappa shape index (κ2) is 8.00. The van der Waals surface area contributed by atoms with E-state index in [0.717, 1.165) is 55.6 Å². The van der Waals surface area contributed by atoms with Crippen LogP contribution in [0.1, 0.15) is 18.4 Å². The van der Waals surface area contributed by atoms with Crippen LogP contribution < -0.4 is 4.90 Å². The topological polar surface area (TPSA) is 48.1 Å². The molecule has 0 radical (unpaired) electrons. The Morgan fingerprint density at radius 1 is 0.968 bits per heavy atom. The molecule has 0 bridgehead atoms. The van der Waals surface area contributed by atoms with E-state index in [-0.39, 0.29) is 0 Å². The Kier molecular flexibility index (Phi) is 5.17. The van der Waals surface area contributed by atoms with Crippen molar-refractivity contribution < 1.29 is 13.2 Å². The third-order valence-electron chi connectivity index (χ3n) is 6.01. The first-order chi connectivity index (χ1) is 15.0. The molecule has 5 rings (SSSR count). The lowest BCUT2D eigenvalue weighted by Crippen LogP contribution is -2.47. The lowest BCUT2D eigenvalue weighted by molar-refractivity contribution is -0.137. The summed E-state index contributed by atoms with van der Waals surface area (Å²) in [5.74, 6) is 2.51. The highest BCUT2D eigenvalue weighted by Gasteiger charge is 2.30. The number of imidazole rings is 1. The summed E-state index contributed by atoms with van der Waals surface area (Å²) in [5.41, 5.74) is 1.49. The second-order valence-electron chi connectivity index (χ2n) is 8.34. The molecule has 1 aliphatic heterocycles. The minimum atomic E-state index is -4.34. The van der Waals surface area contributed by atoms with Gasteiger partial charge in [0.2, 0.25) is 0 Å². The standard InChI is InChI=1S/C23H24F3N5/c24-23(25,26)19-5-3-17(4-6-19)20-14-28-22(29-20)18-7-8-27-21(13-18)31-11-9-30(10-12-31)15-16-1-2-16/h3-8,13-14,16H,1-2,9-12,15H2,(H,28,29). The van der Waals surface area contributed by atoms with Crippen LogP contribution in [-0.2, 0) is 6.18 Å². The zero-order chi connectivity index (χ0) is 21.4. The van der Waals surface area contributed by atoms with Crippen molar-refractivity contribution in [1.82, 2.24) is 19.9 Å². The number of hydrogen-bond donors (Lipinski definition) is 1. The first-order valence-electron chi connectivity index (χ1n) is 10.6. The van der Waals surface area contributed by atoms with E-state index < -0.39 is 11.7 Å². The molecule has 1 aromatic carbocycles. The molecule has 1 saturated heterocycles. The molecule has 31 heavy (non-hydrogen) atoms. The monoisotopic (exact) mass is 427 g/mol. The fourth-order valence-electron chi connectivity index (χ4n) is 4.01. The number of piperazine rings is 1. The largest absolute Gasteiger partial charge is 0.416 e. The summed E-state index contributed by atoms with van der Waals surface area (Å²) in [6, 6.07) is 8.96. The molecule has 2 aromatic heterocycles. The molecule has 2 aliphatic rings. The molecular formula is C23H24F3N5. The van der Waals surface area contributed by atoms with Crippen LogP contribution in [0.5, 0.6) is 0 Å². The molecule has 2 fully saturated rings. The van der Waals surface area contributed by atoms with Crippen LogP contribution in [0.3, 0.4) is 0 Å². The van der Waals surface area contributed by atoms with Gasteiger partial charge in [-0.1, -0.05) is 12.1 Å². The molecule has 0 atom stereocenters. The molecule has 3 heterocycles. The maximum Gasteiger partial charge on any atom is 0.416 e. The highest BCUT2D eigenvalue weighted by atomic mass is 19.4. The van der Waals surface area contributed by atoms with Crippen molar-refractivity contribution >= 4 is 5.82 Å². The van der Waals surface area contributed by atoms with E-state index in [1.165, 1.54) is 31.5 Å². The van der Waals surface area contributed by atoms with Gasteiger partial charge in [0.25, 0.3) is 0 Å². The van der Waals surface area contributed by atoms with Crippen LogP contribution in [0.15, 0.2) is 48.8 Å². The zero-order valence-corrected chi connectivity index (χ0v) is 17.1. The number of pyridine rings is 1. The molecule has 0 amide bonds. The number of benzene rings is 1. The van der Waals surface area contributed by atoms with Crippen LogP contribution in [0, 0.1) is 5.92 Å². The number of hydrogen-bond acceptors (Lipinski definition) is 4. The van der Waals surface area contributed by atoms with Crippen LogP contribution >= 0.6 is 0 Å². The summed E-state index contributed by atoms with van der Waals surface area (Å²) in [5, 5.41) is 0. The number of halogens is 3. The van der Waals surface area contributed by atoms with Crippen LogP contribution in [-0.4, -0.2) is 52.6 Å². The molecule has 5 nitrogen and oxygen atoms in total. The summed E-state index contributed by atoms with van der Waals surface area (Å²) in [7, 11) is 0. The summed E-state index contributed by atoms with van der Waals surface area (Å²) < 4.78 is 38.4. The minimum absolute atomic E-state index is 0.607. The first-order valence-corrected chi connectivity index (χ1v) is 10.6. The number of aromatic nitrogens is 3. The number of rotatable bonds is 5. The van der Waals surface area contributed by atoms with Crippen molar-refractivity contribution in [2.45, 2.75) is 19.0 Å². The van der Waals surface area contributed by atoms with Crippen molar-refractivity contribution in [3.63, 3.8) is 0 Å². The van der Waals surface area contributed by atoms with E-state index >= 15 is 0 Å². The molecule has 1 N–H and O–H groups in total. The summed E-state index contributed by atoms with van der Waals surface area (Å²) in [6.07, 6.45) is 1.91. The minimum Gasteiger partial charge on any atom is -0.354 e. The van der Waals surface area contributed by atoms with E-state index in [2.05, 4.69) is 24.8 Å². The van der Waals surface area contributed by atoms with E-state index in [9.17, 15) is 13.2 Å². The first kappa shape index (κ1) is 20.1. The Hall–Kier alpha value is -2.87. The van der Waals surface area contributed by atoms with Gasteiger partial charge in [-0.2, -0.15) is 13.2 Å². The van der Waals surface area contributed by atoms with Gasteiger partial charge in [-0.3, -0.25) is 4.90 Å². The number of alkyl halides is 3. The van der Waals surface area contributed by atoms with Gasteiger partial charge in [0.15, 0.2) is 0 Å². The summed E-state index contributed by atoms with van der Waals surface area (Å²) in [4.78, 5) is 17.1. The van der Waals surface area contributed by atoms with Crippen LogP contribution in [0.2, 0.25) is 0 Å². The van der Waals surface area contributed by atoms with Crippen molar-refractivity contribution in [2.75, 3.05) is 37.6 Å². The molecule has 3 aromatic rings. The maximum absolute atomic E-state index is 12.8. The van der Waals surface area contributed by atoms with E-state index in [1.54, 1.807) is 12.4 Å². The Labute approximate surface area is 178 Å². The van der Waals surface area contributed by atoms with Gasteiger partial charge in [-0.25, -0.2) is 9.97 Å². The average Bonchev–Trinajstić information content (AvgIpc) is 3.45. The Morgan fingerprint density at radius 2 is 1.71 bits per heavy atom. The fraction of sp³-hybridized carbons (Fsp3) is 0.391. The summed E-state index contributed by atoms with van der Waals surface area (Å²) >= 11 is 0. The normalized spacial score (nSPS) is 17.8. The Balaban J connectivity index is 1.29. The molecular weight excluding hydrogens is 403 g/mol. The van der Waals surface area contributed by atoms with Gasteiger partial charge >= 0.3 is 6.18 Å². The van der Waals surface area contributed by atoms with Crippen molar-refractivity contribution in [3.05, 3.63) is 54.4 Å². The molecule has 0 spiro atoms. The molecule has 8 heteroatoms. The lowest BCUT2D eigenvalue weighted by atomic mass is 10.1. The zero-order valence-electron chi connectivity index (χ0n) is 17.1. The van der Waals surface area contributed by atoms with E-state index in [4.69, 9.17) is 0 Å². The van der Waals surface area contributed by atoms with Crippen molar-refractivity contribution in [2.24, 2.45) is 5.92 Å². The maximum atomic E-state index is 12.8. The Bertz CT molecular complexity index is 1030. The van der Waals surface area contributed by atoms with Gasteiger partial charge in [0.05, 0.1) is 11.3 Å². The van der Waals surface area contributed by atoms with Crippen molar-refractivity contribution in [3.8, 4) is 22.6 Å². The fourth-order valence-corrected chi connectivity index (χ4v) is 4.01. The number of nitrogens with zero attached hydrogens (tertiary/aromatic N) is 4. The van der Waals surface area contributed by atoms with E-state index in [1.807, 2.05) is 12.1 Å². The van der Waals surface area contributed by atoms with Gasteiger partial charge in [-0.15, -0.1) is 0 Å².